The molecule has 0 radical (unpaired) electrons. The first-order valence-electron chi connectivity index (χ1n) is 6.06. The number of aromatic nitrogens is 1. The fraction of sp³-hybridized carbons (Fsp3) is 0.308. The molecule has 19 heavy (non-hydrogen) atoms. The number of aryl methyl sites for hydroxylation is 1. The molecule has 1 heterocycles. The lowest BCUT2D eigenvalue weighted by molar-refractivity contribution is -0.380. The summed E-state index contributed by atoms with van der Waals surface area (Å²) in [6.45, 7) is 2.05. The van der Waals surface area contributed by atoms with E-state index in [1.807, 2.05) is 18.2 Å². The third-order valence-corrected chi connectivity index (χ3v) is 3.63. The minimum absolute atomic E-state index is 0.0674. The van der Waals surface area contributed by atoms with Crippen molar-refractivity contribution in [1.29, 1.82) is 0 Å². The summed E-state index contributed by atoms with van der Waals surface area (Å²) in [5, 5.41) is 14.4. The van der Waals surface area contributed by atoms with Crippen molar-refractivity contribution in [1.82, 2.24) is 4.98 Å². The summed E-state index contributed by atoms with van der Waals surface area (Å²) in [7, 11) is 0. The maximum Gasteiger partial charge on any atom is 0.345 e. The van der Waals surface area contributed by atoms with Crippen molar-refractivity contribution in [2.24, 2.45) is 0 Å². The summed E-state index contributed by atoms with van der Waals surface area (Å²) in [4.78, 5) is 14.1. The number of anilines is 1. The molecule has 0 spiro atoms. The second-order valence-electron chi connectivity index (χ2n) is 4.33. The second kappa shape index (κ2) is 6.29. The summed E-state index contributed by atoms with van der Waals surface area (Å²) in [6, 6.07) is 10.5. The molecule has 1 atom stereocenters. The number of nitro groups is 1. The van der Waals surface area contributed by atoms with E-state index in [0.29, 0.717) is 5.13 Å². The fourth-order valence-electron chi connectivity index (χ4n) is 1.73. The minimum atomic E-state index is -0.419. The number of nitrogens with one attached hydrogen (secondary N) is 1. The molecule has 0 saturated heterocycles. The standard InChI is InChI=1S/C13H15N3O2S/c1-10(7-8-11-5-3-2-4-6-11)15-13-14-9-12(19-13)16(17)18/h2-6,9-10H,7-8H2,1H3,(H,14,15). The van der Waals surface area contributed by atoms with Gasteiger partial charge in [-0.1, -0.05) is 30.3 Å². The molecule has 0 bridgehead atoms. The Balaban J connectivity index is 1.83. The van der Waals surface area contributed by atoms with Gasteiger partial charge in [-0.2, -0.15) is 0 Å². The van der Waals surface area contributed by atoms with Crippen LogP contribution in [0.1, 0.15) is 18.9 Å². The zero-order valence-electron chi connectivity index (χ0n) is 10.6. The van der Waals surface area contributed by atoms with Crippen LogP contribution in [-0.4, -0.2) is 15.9 Å². The SMILES string of the molecule is CC(CCc1ccccc1)Nc1ncc([N+](=O)[O-])s1. The van der Waals surface area contributed by atoms with Gasteiger partial charge in [0.2, 0.25) is 0 Å². The Morgan fingerprint density at radius 2 is 2.16 bits per heavy atom. The highest BCUT2D eigenvalue weighted by Crippen LogP contribution is 2.25. The lowest BCUT2D eigenvalue weighted by atomic mass is 10.1. The smallest absolute Gasteiger partial charge is 0.345 e. The average Bonchev–Trinajstić information content (AvgIpc) is 2.86. The van der Waals surface area contributed by atoms with E-state index in [2.05, 4.69) is 29.4 Å². The molecule has 0 aliphatic heterocycles. The molecule has 1 aromatic heterocycles. The second-order valence-corrected chi connectivity index (χ2v) is 5.34. The summed E-state index contributed by atoms with van der Waals surface area (Å²) in [6.07, 6.45) is 3.22. The van der Waals surface area contributed by atoms with Gasteiger partial charge in [0.15, 0.2) is 5.13 Å². The Hall–Kier alpha value is -1.95. The van der Waals surface area contributed by atoms with E-state index >= 15 is 0 Å². The lowest BCUT2D eigenvalue weighted by Gasteiger charge is -2.12. The average molecular weight is 277 g/mol. The van der Waals surface area contributed by atoms with Crippen molar-refractivity contribution in [2.75, 3.05) is 5.32 Å². The van der Waals surface area contributed by atoms with Crippen molar-refractivity contribution in [3.05, 3.63) is 52.2 Å². The van der Waals surface area contributed by atoms with Gasteiger partial charge in [0.25, 0.3) is 0 Å². The molecule has 2 aromatic rings. The first kappa shape index (κ1) is 13.5. The van der Waals surface area contributed by atoms with Crippen LogP contribution in [0.5, 0.6) is 0 Å². The molecule has 2 rings (SSSR count). The van der Waals surface area contributed by atoms with E-state index in [4.69, 9.17) is 0 Å². The lowest BCUT2D eigenvalue weighted by Crippen LogP contribution is -2.15. The zero-order valence-corrected chi connectivity index (χ0v) is 11.4. The van der Waals surface area contributed by atoms with E-state index < -0.39 is 4.92 Å². The van der Waals surface area contributed by atoms with E-state index in [-0.39, 0.29) is 11.0 Å². The number of nitrogens with zero attached hydrogens (tertiary/aromatic N) is 2. The van der Waals surface area contributed by atoms with Crippen LogP contribution in [0.3, 0.4) is 0 Å². The van der Waals surface area contributed by atoms with Crippen LogP contribution in [0.25, 0.3) is 0 Å². The van der Waals surface area contributed by atoms with Crippen LogP contribution in [0.15, 0.2) is 36.5 Å². The van der Waals surface area contributed by atoms with Gasteiger partial charge in [-0.25, -0.2) is 4.98 Å². The van der Waals surface area contributed by atoms with Crippen molar-refractivity contribution >= 4 is 21.5 Å². The number of benzene rings is 1. The third kappa shape index (κ3) is 4.03. The maximum absolute atomic E-state index is 10.6. The molecular weight excluding hydrogens is 262 g/mol. The van der Waals surface area contributed by atoms with E-state index in [9.17, 15) is 10.1 Å². The molecule has 1 aromatic carbocycles. The zero-order chi connectivity index (χ0) is 13.7. The summed E-state index contributed by atoms with van der Waals surface area (Å²) in [5.74, 6) is 0. The maximum atomic E-state index is 10.6. The molecule has 0 aliphatic carbocycles. The monoisotopic (exact) mass is 277 g/mol. The molecular formula is C13H15N3O2S. The minimum Gasteiger partial charge on any atom is -0.359 e. The van der Waals surface area contributed by atoms with Gasteiger partial charge in [-0.05, 0) is 36.7 Å². The van der Waals surface area contributed by atoms with Gasteiger partial charge in [-0.15, -0.1) is 0 Å². The summed E-state index contributed by atoms with van der Waals surface area (Å²) in [5.41, 5.74) is 1.29. The van der Waals surface area contributed by atoms with Crippen LogP contribution in [0.4, 0.5) is 10.1 Å². The van der Waals surface area contributed by atoms with Crippen LogP contribution < -0.4 is 5.32 Å². The fourth-order valence-corrected chi connectivity index (χ4v) is 2.47. The number of rotatable bonds is 6. The molecule has 0 saturated carbocycles. The van der Waals surface area contributed by atoms with Gasteiger partial charge in [-0.3, -0.25) is 10.1 Å². The van der Waals surface area contributed by atoms with Crippen LogP contribution in [-0.2, 0) is 6.42 Å². The van der Waals surface area contributed by atoms with Gasteiger partial charge >= 0.3 is 5.00 Å². The van der Waals surface area contributed by atoms with Gasteiger partial charge in [0, 0.05) is 6.04 Å². The summed E-state index contributed by atoms with van der Waals surface area (Å²) >= 11 is 1.07. The highest BCUT2D eigenvalue weighted by Gasteiger charge is 2.12. The predicted molar refractivity (Wildman–Crippen MR) is 76.6 cm³/mol. The first-order chi connectivity index (χ1) is 9.15. The first-order valence-corrected chi connectivity index (χ1v) is 6.87. The largest absolute Gasteiger partial charge is 0.359 e. The Morgan fingerprint density at radius 1 is 1.42 bits per heavy atom. The number of hydrogen-bond acceptors (Lipinski definition) is 5. The predicted octanol–water partition coefficient (Wildman–Crippen LogP) is 3.48. The van der Waals surface area contributed by atoms with Gasteiger partial charge in [0.1, 0.15) is 6.20 Å². The highest BCUT2D eigenvalue weighted by molar-refractivity contribution is 7.18. The van der Waals surface area contributed by atoms with Crippen molar-refractivity contribution < 1.29 is 4.92 Å². The van der Waals surface area contributed by atoms with E-state index in [1.54, 1.807) is 0 Å². The molecule has 0 fully saturated rings. The van der Waals surface area contributed by atoms with Crippen LogP contribution in [0.2, 0.25) is 0 Å². The quantitative estimate of drug-likeness (QED) is 0.648. The Bertz CT molecular complexity index is 542. The van der Waals surface area contributed by atoms with Gasteiger partial charge < -0.3 is 5.32 Å². The number of thiazole rings is 1. The highest BCUT2D eigenvalue weighted by atomic mass is 32.1. The Kier molecular flexibility index (Phi) is 4.46. The molecule has 1 N–H and O–H groups in total. The Morgan fingerprint density at radius 3 is 2.79 bits per heavy atom. The van der Waals surface area contributed by atoms with E-state index in [1.165, 1.54) is 11.8 Å². The van der Waals surface area contributed by atoms with E-state index in [0.717, 1.165) is 24.2 Å². The molecule has 1 unspecified atom stereocenters. The van der Waals surface area contributed by atoms with Crippen molar-refractivity contribution in [3.63, 3.8) is 0 Å². The number of hydrogen-bond donors (Lipinski definition) is 1. The van der Waals surface area contributed by atoms with Crippen LogP contribution >= 0.6 is 11.3 Å². The molecule has 100 valence electrons. The Labute approximate surface area is 115 Å². The molecule has 0 aliphatic rings. The van der Waals surface area contributed by atoms with Crippen molar-refractivity contribution in [2.45, 2.75) is 25.8 Å². The molecule has 0 amide bonds. The molecule has 6 heteroatoms. The van der Waals surface area contributed by atoms with Gasteiger partial charge in [0.05, 0.1) is 4.92 Å². The third-order valence-electron chi connectivity index (χ3n) is 2.75. The summed E-state index contributed by atoms with van der Waals surface area (Å²) < 4.78 is 0. The normalized spacial score (nSPS) is 12.1. The van der Waals surface area contributed by atoms with Crippen LogP contribution in [0, 0.1) is 10.1 Å². The topological polar surface area (TPSA) is 68.1 Å². The molecule has 5 nitrogen and oxygen atoms in total. The van der Waals surface area contributed by atoms with Crippen molar-refractivity contribution in [3.8, 4) is 0 Å².